The van der Waals surface area contributed by atoms with E-state index in [1.165, 1.54) is 5.69 Å². The van der Waals surface area contributed by atoms with Crippen molar-refractivity contribution < 1.29 is 4.79 Å². The number of thiophene rings is 1. The molecule has 4 heterocycles. The molecule has 1 aliphatic rings. The number of piperazine rings is 1. The first-order chi connectivity index (χ1) is 15.8. The number of pyridine rings is 1. The van der Waals surface area contributed by atoms with Gasteiger partial charge in [-0.3, -0.25) is 4.79 Å². The van der Waals surface area contributed by atoms with Crippen molar-refractivity contribution in [2.24, 2.45) is 0 Å². The Labute approximate surface area is 189 Å². The molecule has 0 atom stereocenters. The van der Waals surface area contributed by atoms with Crippen LogP contribution in [0.15, 0.2) is 78.2 Å². The molecule has 1 aliphatic heterocycles. The molecule has 1 amide bonds. The Balaban J connectivity index is 1.36. The number of nitrogens with one attached hydrogen (secondary N) is 1. The summed E-state index contributed by atoms with van der Waals surface area (Å²) in [6.07, 6.45) is 0. The number of hydrogen-bond donors (Lipinski definition) is 1. The lowest BCUT2D eigenvalue weighted by atomic mass is 10.1. The minimum absolute atomic E-state index is 0.00250. The summed E-state index contributed by atoms with van der Waals surface area (Å²) in [6.45, 7) is 3.02. The minimum atomic E-state index is 0.00250. The van der Waals surface area contributed by atoms with Gasteiger partial charge < -0.3 is 14.8 Å². The quantitative estimate of drug-likeness (QED) is 0.410. The fourth-order valence-electron chi connectivity index (χ4n) is 4.52. The maximum Gasteiger partial charge on any atom is 0.272 e. The predicted octanol–water partition coefficient (Wildman–Crippen LogP) is 5.41. The monoisotopic (exact) mass is 438 g/mol. The number of aromatic nitrogens is 2. The number of nitrogens with zero attached hydrogens (tertiary/aromatic N) is 3. The molecule has 1 saturated heterocycles. The normalized spacial score (nSPS) is 14.4. The van der Waals surface area contributed by atoms with Crippen LogP contribution < -0.4 is 4.90 Å². The fraction of sp³-hybridized carbons (Fsp3) is 0.154. The molecule has 5 nitrogen and oxygen atoms in total. The van der Waals surface area contributed by atoms with Crippen LogP contribution in [0.3, 0.4) is 0 Å². The van der Waals surface area contributed by atoms with Gasteiger partial charge in [-0.25, -0.2) is 4.98 Å². The topological polar surface area (TPSA) is 52.2 Å². The third-order valence-corrected chi connectivity index (χ3v) is 7.03. The second-order valence-electron chi connectivity index (χ2n) is 8.04. The molecule has 3 aromatic heterocycles. The molecule has 32 heavy (non-hydrogen) atoms. The van der Waals surface area contributed by atoms with Crippen molar-refractivity contribution in [2.45, 2.75) is 0 Å². The average Bonchev–Trinajstić information content (AvgIpc) is 3.52. The van der Waals surface area contributed by atoms with Gasteiger partial charge in [-0.15, -0.1) is 11.3 Å². The van der Waals surface area contributed by atoms with Crippen molar-refractivity contribution in [1.82, 2.24) is 14.9 Å². The number of aromatic amines is 1. The molecule has 5 aromatic rings. The summed E-state index contributed by atoms with van der Waals surface area (Å²) in [7, 11) is 0. The number of carbonyl (C=O) groups is 1. The Morgan fingerprint density at radius 2 is 1.66 bits per heavy atom. The van der Waals surface area contributed by atoms with E-state index in [-0.39, 0.29) is 5.91 Å². The summed E-state index contributed by atoms with van der Waals surface area (Å²) >= 11 is 1.64. The first-order valence-electron chi connectivity index (χ1n) is 10.8. The number of carbonyl (C=O) groups excluding carboxylic acids is 1. The molecular weight excluding hydrogens is 416 g/mol. The standard InChI is InChI=1S/C26H22N4OS/c31-26(30-14-12-29(13-15-30)18-7-2-1-3-8-18)22-17-20-19-9-4-5-10-21(19)27-24(20)25(28-22)23-11-6-16-32-23/h1-11,16-17,27H,12-15H2. The van der Waals surface area contributed by atoms with Crippen LogP contribution in [0.25, 0.3) is 32.4 Å². The lowest BCUT2D eigenvalue weighted by Crippen LogP contribution is -2.49. The zero-order chi connectivity index (χ0) is 21.5. The SMILES string of the molecule is O=C(c1cc2c([nH]c3ccccc32)c(-c2cccs2)n1)N1CCN(c2ccccc2)CC1. The van der Waals surface area contributed by atoms with E-state index in [4.69, 9.17) is 4.98 Å². The molecule has 0 spiro atoms. The number of rotatable bonds is 3. The highest BCUT2D eigenvalue weighted by Crippen LogP contribution is 2.34. The van der Waals surface area contributed by atoms with Crippen LogP contribution in [0.2, 0.25) is 0 Å². The van der Waals surface area contributed by atoms with Gasteiger partial charge in [0.25, 0.3) is 5.91 Å². The van der Waals surface area contributed by atoms with Crippen molar-refractivity contribution in [3.8, 4) is 10.6 Å². The van der Waals surface area contributed by atoms with Gasteiger partial charge in [-0.05, 0) is 35.7 Å². The smallest absolute Gasteiger partial charge is 0.272 e. The average molecular weight is 439 g/mol. The van der Waals surface area contributed by atoms with E-state index in [0.717, 1.165) is 45.5 Å². The van der Waals surface area contributed by atoms with Crippen molar-refractivity contribution in [3.63, 3.8) is 0 Å². The first kappa shape index (κ1) is 19.1. The number of hydrogen-bond acceptors (Lipinski definition) is 4. The van der Waals surface area contributed by atoms with Gasteiger partial charge >= 0.3 is 0 Å². The Bertz CT molecular complexity index is 1400. The van der Waals surface area contributed by atoms with E-state index in [9.17, 15) is 4.79 Å². The van der Waals surface area contributed by atoms with Crippen LogP contribution in [-0.4, -0.2) is 47.0 Å². The van der Waals surface area contributed by atoms with Gasteiger partial charge in [0.2, 0.25) is 0 Å². The molecule has 0 radical (unpaired) electrons. The molecule has 0 saturated carbocycles. The molecular formula is C26H22N4OS. The number of amides is 1. The predicted molar refractivity (Wildman–Crippen MR) is 131 cm³/mol. The molecule has 0 aliphatic carbocycles. The third-order valence-electron chi connectivity index (χ3n) is 6.16. The lowest BCUT2D eigenvalue weighted by molar-refractivity contribution is 0.0741. The minimum Gasteiger partial charge on any atom is -0.368 e. The van der Waals surface area contributed by atoms with Gasteiger partial charge in [-0.1, -0.05) is 42.5 Å². The van der Waals surface area contributed by atoms with Gasteiger partial charge in [-0.2, -0.15) is 0 Å². The second kappa shape index (κ2) is 7.80. The molecule has 6 rings (SSSR count). The first-order valence-corrected chi connectivity index (χ1v) is 11.7. The van der Waals surface area contributed by atoms with Crippen LogP contribution in [-0.2, 0) is 0 Å². The van der Waals surface area contributed by atoms with E-state index in [0.29, 0.717) is 18.8 Å². The summed E-state index contributed by atoms with van der Waals surface area (Å²) in [6, 6.07) is 24.6. The summed E-state index contributed by atoms with van der Waals surface area (Å²) in [5.41, 5.74) is 4.61. The molecule has 0 unspecified atom stereocenters. The lowest BCUT2D eigenvalue weighted by Gasteiger charge is -2.36. The zero-order valence-corrected chi connectivity index (χ0v) is 18.3. The van der Waals surface area contributed by atoms with E-state index in [1.807, 2.05) is 40.6 Å². The van der Waals surface area contributed by atoms with E-state index < -0.39 is 0 Å². The maximum atomic E-state index is 13.5. The van der Waals surface area contributed by atoms with E-state index in [2.05, 4.69) is 52.3 Å². The highest BCUT2D eigenvalue weighted by Gasteiger charge is 2.25. The van der Waals surface area contributed by atoms with Crippen LogP contribution in [0.1, 0.15) is 10.5 Å². The van der Waals surface area contributed by atoms with Gasteiger partial charge in [0, 0.05) is 48.2 Å². The Morgan fingerprint density at radius 3 is 2.44 bits per heavy atom. The van der Waals surface area contributed by atoms with Crippen LogP contribution in [0, 0.1) is 0 Å². The number of para-hydroxylation sites is 2. The number of benzene rings is 2. The van der Waals surface area contributed by atoms with Crippen molar-refractivity contribution >= 4 is 44.7 Å². The van der Waals surface area contributed by atoms with Gasteiger partial charge in [0.1, 0.15) is 11.4 Å². The Morgan fingerprint density at radius 1 is 0.875 bits per heavy atom. The third kappa shape index (κ3) is 3.24. The van der Waals surface area contributed by atoms with E-state index in [1.54, 1.807) is 11.3 Å². The zero-order valence-electron chi connectivity index (χ0n) is 17.5. The highest BCUT2D eigenvalue weighted by atomic mass is 32.1. The molecule has 2 aromatic carbocycles. The summed E-state index contributed by atoms with van der Waals surface area (Å²) in [4.78, 5) is 27.2. The summed E-state index contributed by atoms with van der Waals surface area (Å²) in [5.74, 6) is 0.00250. The van der Waals surface area contributed by atoms with Gasteiger partial charge in [0.15, 0.2) is 0 Å². The summed E-state index contributed by atoms with van der Waals surface area (Å²) < 4.78 is 0. The molecule has 158 valence electrons. The van der Waals surface area contributed by atoms with Crippen LogP contribution in [0.5, 0.6) is 0 Å². The maximum absolute atomic E-state index is 13.5. The van der Waals surface area contributed by atoms with E-state index >= 15 is 0 Å². The molecule has 1 fully saturated rings. The molecule has 1 N–H and O–H groups in total. The fourth-order valence-corrected chi connectivity index (χ4v) is 5.24. The summed E-state index contributed by atoms with van der Waals surface area (Å²) in [5, 5.41) is 4.21. The van der Waals surface area contributed by atoms with Gasteiger partial charge in [0.05, 0.1) is 10.4 Å². The molecule has 0 bridgehead atoms. The second-order valence-corrected chi connectivity index (χ2v) is 8.99. The largest absolute Gasteiger partial charge is 0.368 e. The van der Waals surface area contributed by atoms with Crippen LogP contribution in [0.4, 0.5) is 5.69 Å². The number of H-pyrrole nitrogens is 1. The molecule has 6 heteroatoms. The highest BCUT2D eigenvalue weighted by molar-refractivity contribution is 7.13. The Hall–Kier alpha value is -3.64. The van der Waals surface area contributed by atoms with Crippen molar-refractivity contribution in [2.75, 3.05) is 31.1 Å². The van der Waals surface area contributed by atoms with Crippen molar-refractivity contribution in [1.29, 1.82) is 0 Å². The number of anilines is 1. The van der Waals surface area contributed by atoms with Crippen molar-refractivity contribution in [3.05, 3.63) is 83.9 Å². The van der Waals surface area contributed by atoms with Crippen LogP contribution >= 0.6 is 11.3 Å². The number of fused-ring (bicyclic) bond motifs is 3. The Kier molecular flexibility index (Phi) is 4.65.